The van der Waals surface area contributed by atoms with Crippen LogP contribution >= 0.6 is 0 Å². The van der Waals surface area contributed by atoms with Gasteiger partial charge in [0.1, 0.15) is 0 Å². The van der Waals surface area contributed by atoms with Crippen LogP contribution in [0.2, 0.25) is 0 Å². The summed E-state index contributed by atoms with van der Waals surface area (Å²) in [5, 5.41) is 1.32. The Morgan fingerprint density at radius 2 is 1.74 bits per heavy atom. The van der Waals surface area contributed by atoms with E-state index in [2.05, 4.69) is 4.40 Å². The zero-order valence-electron chi connectivity index (χ0n) is 10.5. The zero-order valence-corrected chi connectivity index (χ0v) is 11.3. The Balaban J connectivity index is 2.94. The number of benzene rings is 2. The van der Waals surface area contributed by atoms with Crippen molar-refractivity contribution in [2.75, 3.05) is 19.0 Å². The molecule has 2 rings (SSSR count). The molecule has 0 aliphatic rings. The SMILES string of the molecule is CN(C)c1cccc2cccc(S(=O)(=O)N=C=O)c12. The van der Waals surface area contributed by atoms with Gasteiger partial charge in [-0.15, -0.1) is 0 Å². The van der Waals surface area contributed by atoms with Gasteiger partial charge in [-0.2, -0.15) is 8.42 Å². The van der Waals surface area contributed by atoms with Crippen LogP contribution in [-0.2, 0) is 14.8 Å². The smallest absolute Gasteiger partial charge is 0.293 e. The number of fused-ring (bicyclic) bond motifs is 1. The summed E-state index contributed by atoms with van der Waals surface area (Å²) in [5.74, 6) is 0. The van der Waals surface area contributed by atoms with Crippen LogP contribution in [0.5, 0.6) is 0 Å². The van der Waals surface area contributed by atoms with Gasteiger partial charge in [-0.3, -0.25) is 0 Å². The van der Waals surface area contributed by atoms with E-state index in [1.54, 1.807) is 6.07 Å². The Labute approximate surface area is 111 Å². The predicted molar refractivity (Wildman–Crippen MR) is 73.6 cm³/mol. The Kier molecular flexibility index (Phi) is 3.38. The van der Waals surface area contributed by atoms with Gasteiger partial charge in [0.15, 0.2) is 0 Å². The van der Waals surface area contributed by atoms with Gasteiger partial charge in [-0.05, 0) is 17.5 Å². The Hall–Kier alpha value is -2.17. The maximum atomic E-state index is 12.0. The van der Waals surface area contributed by atoms with Gasteiger partial charge in [0, 0.05) is 25.2 Å². The first-order valence-corrected chi connectivity index (χ1v) is 6.94. The minimum absolute atomic E-state index is 0.0117. The molecule has 2 aromatic rings. The van der Waals surface area contributed by atoms with Crippen LogP contribution in [0.15, 0.2) is 45.7 Å². The van der Waals surface area contributed by atoms with Crippen molar-refractivity contribution in [1.29, 1.82) is 0 Å². The maximum Gasteiger partial charge on any atom is 0.293 e. The summed E-state index contributed by atoms with van der Waals surface area (Å²) in [4.78, 5) is 12.1. The minimum atomic E-state index is -4.02. The lowest BCUT2D eigenvalue weighted by atomic mass is 10.1. The van der Waals surface area contributed by atoms with E-state index < -0.39 is 10.0 Å². The fraction of sp³-hybridized carbons (Fsp3) is 0.154. The molecule has 0 N–H and O–H groups in total. The summed E-state index contributed by atoms with van der Waals surface area (Å²) in [5.41, 5.74) is 0.748. The molecular weight excluding hydrogens is 264 g/mol. The van der Waals surface area contributed by atoms with Crippen molar-refractivity contribution in [3.8, 4) is 0 Å². The van der Waals surface area contributed by atoms with E-state index in [0.717, 1.165) is 17.2 Å². The number of hydrogen-bond donors (Lipinski definition) is 0. The van der Waals surface area contributed by atoms with Crippen molar-refractivity contribution in [2.24, 2.45) is 4.40 Å². The quantitative estimate of drug-likeness (QED) is 0.634. The fourth-order valence-corrected chi connectivity index (χ4v) is 2.90. The number of rotatable bonds is 3. The number of sulfonamides is 1. The summed E-state index contributed by atoms with van der Waals surface area (Å²) in [6, 6.07) is 10.3. The highest BCUT2D eigenvalue weighted by molar-refractivity contribution is 7.90. The van der Waals surface area contributed by atoms with Gasteiger partial charge in [0.05, 0.1) is 4.90 Å². The van der Waals surface area contributed by atoms with Crippen molar-refractivity contribution in [2.45, 2.75) is 4.90 Å². The molecule has 0 unspecified atom stereocenters. The molecule has 0 aromatic heterocycles. The molecule has 6 heteroatoms. The molecule has 0 aliphatic heterocycles. The number of nitrogens with zero attached hydrogens (tertiary/aromatic N) is 2. The standard InChI is InChI=1S/C13H12N2O3S/c1-15(2)11-7-3-5-10-6-4-8-12(13(10)11)19(17,18)14-9-16/h3-8H,1-2H3. The number of hydrogen-bond acceptors (Lipinski definition) is 4. The van der Waals surface area contributed by atoms with Crippen LogP contribution in [0.1, 0.15) is 0 Å². The largest absolute Gasteiger partial charge is 0.377 e. The second-order valence-electron chi connectivity index (χ2n) is 4.18. The molecule has 5 nitrogen and oxygen atoms in total. The van der Waals surface area contributed by atoms with E-state index in [1.165, 1.54) is 6.07 Å². The Morgan fingerprint density at radius 1 is 1.11 bits per heavy atom. The average molecular weight is 276 g/mol. The summed E-state index contributed by atoms with van der Waals surface area (Å²) in [7, 11) is -0.377. The van der Waals surface area contributed by atoms with Crippen molar-refractivity contribution in [1.82, 2.24) is 0 Å². The molecule has 0 atom stereocenters. The fourth-order valence-electron chi connectivity index (χ4n) is 1.97. The van der Waals surface area contributed by atoms with Gasteiger partial charge in [-0.25, -0.2) is 4.79 Å². The van der Waals surface area contributed by atoms with Gasteiger partial charge < -0.3 is 4.90 Å². The first-order valence-electron chi connectivity index (χ1n) is 5.50. The molecule has 0 saturated carbocycles. The van der Waals surface area contributed by atoms with Crippen molar-refractivity contribution in [3.05, 3.63) is 36.4 Å². The van der Waals surface area contributed by atoms with E-state index in [0.29, 0.717) is 5.39 Å². The molecule has 0 saturated heterocycles. The highest BCUT2D eigenvalue weighted by atomic mass is 32.2. The predicted octanol–water partition coefficient (Wildman–Crippen LogP) is 1.93. The number of carbonyl (C=O) groups excluding carboxylic acids is 1. The molecule has 0 fully saturated rings. The molecule has 0 aliphatic carbocycles. The lowest BCUT2D eigenvalue weighted by Gasteiger charge is -2.16. The molecule has 2 aromatic carbocycles. The summed E-state index contributed by atoms with van der Waals surface area (Å²) < 4.78 is 26.9. The Morgan fingerprint density at radius 3 is 2.32 bits per heavy atom. The van der Waals surface area contributed by atoms with Crippen molar-refractivity contribution in [3.63, 3.8) is 0 Å². The van der Waals surface area contributed by atoms with Crippen LogP contribution in [0.25, 0.3) is 10.8 Å². The normalized spacial score (nSPS) is 11.1. The maximum absolute atomic E-state index is 12.0. The Bertz CT molecular complexity index is 770. The topological polar surface area (TPSA) is 66.8 Å². The lowest BCUT2D eigenvalue weighted by molar-refractivity contribution is 0.563. The van der Waals surface area contributed by atoms with Crippen LogP contribution in [0, 0.1) is 0 Å². The van der Waals surface area contributed by atoms with Crippen molar-refractivity contribution < 1.29 is 13.2 Å². The molecule has 0 amide bonds. The highest BCUT2D eigenvalue weighted by Gasteiger charge is 2.19. The summed E-state index contributed by atoms with van der Waals surface area (Å²) in [6.07, 6.45) is 1.09. The van der Waals surface area contributed by atoms with E-state index in [9.17, 15) is 13.2 Å². The minimum Gasteiger partial charge on any atom is -0.377 e. The zero-order chi connectivity index (χ0) is 14.0. The highest BCUT2D eigenvalue weighted by Crippen LogP contribution is 2.32. The van der Waals surface area contributed by atoms with E-state index in [-0.39, 0.29) is 4.90 Å². The summed E-state index contributed by atoms with van der Waals surface area (Å²) >= 11 is 0. The lowest BCUT2D eigenvalue weighted by Crippen LogP contribution is -2.10. The number of isocyanates is 1. The first-order chi connectivity index (χ1) is 8.97. The molecule has 0 radical (unpaired) electrons. The second kappa shape index (κ2) is 4.84. The molecule has 19 heavy (non-hydrogen) atoms. The second-order valence-corrected chi connectivity index (χ2v) is 5.76. The first kappa shape index (κ1) is 13.3. The van der Waals surface area contributed by atoms with E-state index in [1.807, 2.05) is 43.3 Å². The molecule has 0 spiro atoms. The molecule has 98 valence electrons. The number of anilines is 1. The third-order valence-electron chi connectivity index (χ3n) is 2.76. The third-order valence-corrected chi connectivity index (χ3v) is 3.97. The van der Waals surface area contributed by atoms with Gasteiger partial charge in [0.2, 0.25) is 0 Å². The van der Waals surface area contributed by atoms with Gasteiger partial charge in [-0.1, -0.05) is 28.7 Å². The molecule has 0 heterocycles. The average Bonchev–Trinajstić information content (AvgIpc) is 2.37. The van der Waals surface area contributed by atoms with Crippen LogP contribution in [0.3, 0.4) is 0 Å². The van der Waals surface area contributed by atoms with E-state index >= 15 is 0 Å². The van der Waals surface area contributed by atoms with Crippen LogP contribution in [-0.4, -0.2) is 28.6 Å². The monoisotopic (exact) mass is 276 g/mol. The van der Waals surface area contributed by atoms with Gasteiger partial charge >= 0.3 is 0 Å². The molecular formula is C13H12N2O3S. The van der Waals surface area contributed by atoms with Gasteiger partial charge in [0.25, 0.3) is 16.1 Å². The van der Waals surface area contributed by atoms with Crippen LogP contribution < -0.4 is 4.90 Å². The third kappa shape index (κ3) is 2.36. The summed E-state index contributed by atoms with van der Waals surface area (Å²) in [6.45, 7) is 0. The van der Waals surface area contributed by atoms with E-state index in [4.69, 9.17) is 0 Å². The van der Waals surface area contributed by atoms with Crippen molar-refractivity contribution >= 4 is 32.6 Å². The van der Waals surface area contributed by atoms with Crippen LogP contribution in [0.4, 0.5) is 5.69 Å². The molecule has 0 bridgehead atoms.